The lowest BCUT2D eigenvalue weighted by Gasteiger charge is -2.20. The molecule has 1 fully saturated rings. The van der Waals surface area contributed by atoms with Crippen LogP contribution < -0.4 is 5.32 Å². The number of anilines is 1. The molecule has 1 aliphatic heterocycles. The van der Waals surface area contributed by atoms with Gasteiger partial charge < -0.3 is 10.2 Å². The Morgan fingerprint density at radius 3 is 2.67 bits per heavy atom. The Morgan fingerprint density at radius 1 is 1.25 bits per heavy atom. The van der Waals surface area contributed by atoms with E-state index in [0.717, 1.165) is 31.0 Å². The molecule has 24 heavy (non-hydrogen) atoms. The minimum Gasteiger partial charge on any atom is -0.344 e. The molecule has 2 amide bonds. The van der Waals surface area contributed by atoms with Crippen LogP contribution in [0.2, 0.25) is 5.02 Å². The van der Waals surface area contributed by atoms with Crippen LogP contribution >= 0.6 is 11.6 Å². The fourth-order valence-corrected chi connectivity index (χ4v) is 2.61. The van der Waals surface area contributed by atoms with Gasteiger partial charge in [-0.15, -0.1) is 0 Å². The smallest absolute Gasteiger partial charge is 0.344 e. The average Bonchev–Trinajstić information content (AvgIpc) is 2.73. The number of carbonyl (C=O) groups excluding carboxylic acids is 2. The van der Waals surface area contributed by atoms with E-state index in [4.69, 9.17) is 11.6 Å². The van der Waals surface area contributed by atoms with Crippen molar-refractivity contribution in [3.8, 4) is 0 Å². The summed E-state index contributed by atoms with van der Waals surface area (Å²) in [6, 6.07) is 2.78. The van der Waals surface area contributed by atoms with E-state index in [0.29, 0.717) is 26.2 Å². The van der Waals surface area contributed by atoms with Gasteiger partial charge in [-0.2, -0.15) is 13.2 Å². The average molecular weight is 364 g/mol. The van der Waals surface area contributed by atoms with Crippen LogP contribution in [0, 0.1) is 0 Å². The standard InChI is InChI=1S/C15H17ClF3N3O2/c16-12-3-2-11(15(17,18)19)8-13(12)20-14(24)9-21-4-1-5-22(10-23)7-6-21/h2-3,8,10H,1,4-7,9H2,(H,20,24). The van der Waals surface area contributed by atoms with Gasteiger partial charge in [-0.05, 0) is 24.6 Å². The maximum absolute atomic E-state index is 12.7. The molecule has 0 aromatic heterocycles. The van der Waals surface area contributed by atoms with E-state index in [2.05, 4.69) is 5.32 Å². The molecule has 5 nitrogen and oxygen atoms in total. The van der Waals surface area contributed by atoms with Gasteiger partial charge in [0, 0.05) is 26.2 Å². The topological polar surface area (TPSA) is 52.7 Å². The zero-order valence-corrected chi connectivity index (χ0v) is 13.5. The normalized spacial score (nSPS) is 16.6. The number of nitrogens with zero attached hydrogens (tertiary/aromatic N) is 2. The maximum atomic E-state index is 12.7. The quantitative estimate of drug-likeness (QED) is 0.836. The second-order valence-corrected chi connectivity index (χ2v) is 5.92. The van der Waals surface area contributed by atoms with Crippen LogP contribution in [-0.2, 0) is 15.8 Å². The zero-order valence-electron chi connectivity index (χ0n) is 12.8. The first-order valence-electron chi connectivity index (χ1n) is 7.38. The van der Waals surface area contributed by atoms with Gasteiger partial charge in [0.1, 0.15) is 0 Å². The first-order valence-corrected chi connectivity index (χ1v) is 7.75. The number of hydrogen-bond acceptors (Lipinski definition) is 3. The van der Waals surface area contributed by atoms with E-state index < -0.39 is 17.6 Å². The van der Waals surface area contributed by atoms with Crippen molar-refractivity contribution in [3.63, 3.8) is 0 Å². The van der Waals surface area contributed by atoms with E-state index in [1.165, 1.54) is 0 Å². The zero-order chi connectivity index (χ0) is 17.7. The Morgan fingerprint density at radius 2 is 2.00 bits per heavy atom. The molecule has 1 heterocycles. The highest BCUT2D eigenvalue weighted by atomic mass is 35.5. The Kier molecular flexibility index (Phi) is 6.06. The Bertz CT molecular complexity index is 610. The predicted octanol–water partition coefficient (Wildman–Crippen LogP) is 2.46. The molecule has 1 N–H and O–H groups in total. The number of alkyl halides is 3. The molecule has 9 heteroatoms. The Hall–Kier alpha value is -1.80. The fraction of sp³-hybridized carbons (Fsp3) is 0.467. The second-order valence-electron chi connectivity index (χ2n) is 5.51. The van der Waals surface area contributed by atoms with Crippen LogP contribution in [0.5, 0.6) is 0 Å². The third-order valence-electron chi connectivity index (χ3n) is 3.71. The highest BCUT2D eigenvalue weighted by molar-refractivity contribution is 6.33. The van der Waals surface area contributed by atoms with Gasteiger partial charge in [-0.3, -0.25) is 14.5 Å². The largest absolute Gasteiger partial charge is 0.416 e. The third-order valence-corrected chi connectivity index (χ3v) is 4.04. The highest BCUT2D eigenvalue weighted by Gasteiger charge is 2.31. The molecule has 0 aliphatic carbocycles. The number of halogens is 4. The lowest BCUT2D eigenvalue weighted by molar-refractivity contribution is -0.137. The van der Waals surface area contributed by atoms with Gasteiger partial charge in [0.05, 0.1) is 22.8 Å². The van der Waals surface area contributed by atoms with Gasteiger partial charge in [0.2, 0.25) is 12.3 Å². The molecule has 2 rings (SSSR count). The van der Waals surface area contributed by atoms with Crippen molar-refractivity contribution in [3.05, 3.63) is 28.8 Å². The molecule has 1 aromatic rings. The Labute approximate surface area is 142 Å². The monoisotopic (exact) mass is 363 g/mol. The number of carbonyl (C=O) groups is 2. The van der Waals surface area contributed by atoms with Crippen LogP contribution in [0.25, 0.3) is 0 Å². The maximum Gasteiger partial charge on any atom is 0.416 e. The van der Waals surface area contributed by atoms with E-state index in [1.807, 2.05) is 4.90 Å². The SMILES string of the molecule is O=CN1CCCN(CC(=O)Nc2cc(C(F)(F)F)ccc2Cl)CC1. The van der Waals surface area contributed by atoms with Crippen LogP contribution in [-0.4, -0.2) is 54.8 Å². The number of benzene rings is 1. The molecule has 1 aliphatic rings. The van der Waals surface area contributed by atoms with Gasteiger partial charge in [-0.25, -0.2) is 0 Å². The second kappa shape index (κ2) is 7.85. The summed E-state index contributed by atoms with van der Waals surface area (Å²) in [6.07, 6.45) is -3.00. The molecule has 0 spiro atoms. The molecule has 0 bridgehead atoms. The summed E-state index contributed by atoms with van der Waals surface area (Å²) in [5.41, 5.74) is -0.945. The summed E-state index contributed by atoms with van der Waals surface area (Å²) < 4.78 is 38.2. The molecule has 0 radical (unpaired) electrons. The first-order chi connectivity index (χ1) is 11.3. The van der Waals surface area contributed by atoms with Crippen LogP contribution in [0.4, 0.5) is 18.9 Å². The molecule has 0 atom stereocenters. The van der Waals surface area contributed by atoms with E-state index in [9.17, 15) is 22.8 Å². The van der Waals surface area contributed by atoms with Gasteiger partial charge in [-0.1, -0.05) is 11.6 Å². The van der Waals surface area contributed by atoms with Crippen molar-refractivity contribution in [1.82, 2.24) is 9.80 Å². The predicted molar refractivity (Wildman–Crippen MR) is 83.8 cm³/mol. The molecule has 0 unspecified atom stereocenters. The number of hydrogen-bond donors (Lipinski definition) is 1. The van der Waals surface area contributed by atoms with Crippen molar-refractivity contribution >= 4 is 29.6 Å². The Balaban J connectivity index is 1.98. The number of rotatable bonds is 4. The van der Waals surface area contributed by atoms with Crippen LogP contribution in [0.1, 0.15) is 12.0 Å². The summed E-state index contributed by atoms with van der Waals surface area (Å²) in [4.78, 5) is 26.3. The lowest BCUT2D eigenvalue weighted by Crippen LogP contribution is -2.36. The highest BCUT2D eigenvalue weighted by Crippen LogP contribution is 2.33. The van der Waals surface area contributed by atoms with E-state index in [-0.39, 0.29) is 17.3 Å². The minimum atomic E-state index is -4.51. The first kappa shape index (κ1) is 18.5. The van der Waals surface area contributed by atoms with E-state index in [1.54, 1.807) is 4.90 Å². The molecular weight excluding hydrogens is 347 g/mol. The van der Waals surface area contributed by atoms with Crippen molar-refractivity contribution in [1.29, 1.82) is 0 Å². The molecule has 1 aromatic carbocycles. The van der Waals surface area contributed by atoms with Crippen LogP contribution in [0.3, 0.4) is 0 Å². The van der Waals surface area contributed by atoms with Crippen molar-refractivity contribution < 1.29 is 22.8 Å². The van der Waals surface area contributed by atoms with Gasteiger partial charge in [0.25, 0.3) is 0 Å². The van der Waals surface area contributed by atoms with Gasteiger partial charge >= 0.3 is 6.18 Å². The summed E-state index contributed by atoms with van der Waals surface area (Å²) >= 11 is 5.86. The molecule has 132 valence electrons. The summed E-state index contributed by atoms with van der Waals surface area (Å²) in [5.74, 6) is -0.448. The van der Waals surface area contributed by atoms with Crippen molar-refractivity contribution in [2.75, 3.05) is 38.0 Å². The minimum absolute atomic E-state index is 0.0271. The summed E-state index contributed by atoms with van der Waals surface area (Å²) in [6.45, 7) is 2.33. The molecule has 0 saturated carbocycles. The van der Waals surface area contributed by atoms with E-state index >= 15 is 0 Å². The molecule has 1 saturated heterocycles. The third kappa shape index (κ3) is 5.10. The summed E-state index contributed by atoms with van der Waals surface area (Å²) in [5, 5.41) is 2.46. The number of amides is 2. The van der Waals surface area contributed by atoms with Gasteiger partial charge in [0.15, 0.2) is 0 Å². The van der Waals surface area contributed by atoms with Crippen LogP contribution in [0.15, 0.2) is 18.2 Å². The van der Waals surface area contributed by atoms with Crippen molar-refractivity contribution in [2.45, 2.75) is 12.6 Å². The fourth-order valence-electron chi connectivity index (χ4n) is 2.44. The summed E-state index contributed by atoms with van der Waals surface area (Å²) in [7, 11) is 0. The number of nitrogens with one attached hydrogen (secondary N) is 1. The molecular formula is C15H17ClF3N3O2. The lowest BCUT2D eigenvalue weighted by atomic mass is 10.2. The van der Waals surface area contributed by atoms with Crippen molar-refractivity contribution in [2.24, 2.45) is 0 Å².